The second-order valence-electron chi connectivity index (χ2n) is 11.9. The van der Waals surface area contributed by atoms with Gasteiger partial charge >= 0.3 is 0 Å². The zero-order valence-electron chi connectivity index (χ0n) is 18.9. The molecule has 6 heteroatoms. The van der Waals surface area contributed by atoms with Crippen LogP contribution in [0.5, 0.6) is 0 Å². The molecule has 0 bridgehead atoms. The van der Waals surface area contributed by atoms with Gasteiger partial charge in [0.25, 0.3) is 0 Å². The highest BCUT2D eigenvalue weighted by Gasteiger charge is 2.79. The summed E-state index contributed by atoms with van der Waals surface area (Å²) in [5, 5.41) is 10.3. The van der Waals surface area contributed by atoms with Crippen LogP contribution in [0.3, 0.4) is 0 Å². The topological polar surface area (TPSA) is 64.0 Å². The lowest BCUT2D eigenvalue weighted by molar-refractivity contribution is -0.185. The molecule has 30 heavy (non-hydrogen) atoms. The van der Waals surface area contributed by atoms with Crippen molar-refractivity contribution in [3.63, 3.8) is 0 Å². The van der Waals surface area contributed by atoms with Crippen LogP contribution in [0, 0.1) is 28.6 Å². The molecule has 3 saturated carbocycles. The lowest BCUT2D eigenvalue weighted by Gasteiger charge is -2.52. The molecule has 6 atom stereocenters. The van der Waals surface area contributed by atoms with Crippen molar-refractivity contribution in [1.29, 1.82) is 5.26 Å². The first-order valence-corrected chi connectivity index (χ1v) is 15.3. The van der Waals surface area contributed by atoms with Crippen molar-refractivity contribution in [2.24, 2.45) is 17.3 Å². The summed E-state index contributed by atoms with van der Waals surface area (Å²) in [5.74, 6) is 0.643. The predicted octanol–water partition coefficient (Wildman–Crippen LogP) is 4.69. The molecule has 2 saturated heterocycles. The highest BCUT2D eigenvalue weighted by atomic mass is 28.4. The summed E-state index contributed by atoms with van der Waals surface area (Å²) in [6.07, 6.45) is 10.4. The maximum absolute atomic E-state index is 10.3. The van der Waals surface area contributed by atoms with Crippen LogP contribution in [-0.4, -0.2) is 44.1 Å². The number of hydrogen-bond acceptors (Lipinski definition) is 5. The molecule has 2 heterocycles. The van der Waals surface area contributed by atoms with Gasteiger partial charge < -0.3 is 18.6 Å². The first-order valence-electron chi connectivity index (χ1n) is 11.9. The van der Waals surface area contributed by atoms with Crippen LogP contribution in [0.15, 0.2) is 11.6 Å². The molecule has 4 aliphatic carbocycles. The number of allylic oxidation sites excluding steroid dienone is 1. The van der Waals surface area contributed by atoms with Crippen LogP contribution < -0.4 is 0 Å². The first kappa shape index (κ1) is 19.9. The molecular weight excluding hydrogens is 394 g/mol. The molecule has 1 spiro atoms. The van der Waals surface area contributed by atoms with E-state index >= 15 is 0 Å². The largest absolute Gasteiger partial charge is 0.399 e. The summed E-state index contributed by atoms with van der Waals surface area (Å²) in [6.45, 7) is 10.4. The van der Waals surface area contributed by atoms with Gasteiger partial charge in [0.1, 0.15) is 16.8 Å². The standard InChI is InChI=1S/C24H35NO4Si/c1-20-8-6-19-17(18(20)7-10-22(20,16-25)29-30(2,3)4)5-9-21-15-23(26-13-14-27-23)11-12-24(19,21)28-21/h6,17-18H,5,7-15H2,1-4H3/t17-,18-,20?,21+,22-,24+/m0/s1. The van der Waals surface area contributed by atoms with Crippen LogP contribution >= 0.6 is 0 Å². The van der Waals surface area contributed by atoms with Crippen molar-refractivity contribution < 1.29 is 18.6 Å². The third-order valence-corrected chi connectivity index (χ3v) is 10.4. The lowest BCUT2D eigenvalue weighted by atomic mass is 9.53. The van der Waals surface area contributed by atoms with Crippen molar-refractivity contribution in [2.75, 3.05) is 13.2 Å². The van der Waals surface area contributed by atoms with E-state index in [1.807, 2.05) is 0 Å². The van der Waals surface area contributed by atoms with Crippen molar-refractivity contribution in [3.8, 4) is 6.07 Å². The number of fused-ring (bicyclic) bond motifs is 3. The van der Waals surface area contributed by atoms with Crippen molar-refractivity contribution >= 4 is 8.32 Å². The van der Waals surface area contributed by atoms with E-state index < -0.39 is 19.7 Å². The lowest BCUT2D eigenvalue weighted by Crippen LogP contribution is -2.56. The summed E-state index contributed by atoms with van der Waals surface area (Å²) in [4.78, 5) is 0. The molecule has 0 aromatic rings. The van der Waals surface area contributed by atoms with E-state index in [1.165, 1.54) is 0 Å². The maximum Gasteiger partial charge on any atom is 0.185 e. The number of ether oxygens (including phenoxy) is 3. The maximum atomic E-state index is 10.3. The molecule has 1 unspecified atom stereocenters. The molecule has 5 fully saturated rings. The normalized spacial score (nSPS) is 50.7. The molecule has 5 nitrogen and oxygen atoms in total. The van der Waals surface area contributed by atoms with Gasteiger partial charge in [0, 0.05) is 18.3 Å². The number of epoxide rings is 1. The highest BCUT2D eigenvalue weighted by Crippen LogP contribution is 2.74. The smallest absolute Gasteiger partial charge is 0.185 e. The number of rotatable bonds is 2. The fraction of sp³-hybridized carbons (Fsp3) is 0.875. The number of hydrogen-bond donors (Lipinski definition) is 0. The Kier molecular flexibility index (Phi) is 3.85. The predicted molar refractivity (Wildman–Crippen MR) is 114 cm³/mol. The fourth-order valence-corrected chi connectivity index (χ4v) is 9.65. The fourth-order valence-electron chi connectivity index (χ4n) is 8.23. The molecular formula is C24H35NO4Si. The summed E-state index contributed by atoms with van der Waals surface area (Å²) in [5.41, 5.74) is 0.643. The second-order valence-corrected chi connectivity index (χ2v) is 16.4. The summed E-state index contributed by atoms with van der Waals surface area (Å²) in [6, 6.07) is 2.70. The Morgan fingerprint density at radius 3 is 2.57 bits per heavy atom. The summed E-state index contributed by atoms with van der Waals surface area (Å²) >= 11 is 0. The van der Waals surface area contributed by atoms with Crippen LogP contribution in [0.1, 0.15) is 58.3 Å². The van der Waals surface area contributed by atoms with Gasteiger partial charge in [0.05, 0.1) is 19.3 Å². The van der Waals surface area contributed by atoms with E-state index in [1.54, 1.807) is 5.57 Å². The Hall–Kier alpha value is -0.713. The number of nitriles is 1. The Morgan fingerprint density at radius 2 is 1.87 bits per heavy atom. The Bertz CT molecular complexity index is 854. The van der Waals surface area contributed by atoms with Crippen LogP contribution in [0.25, 0.3) is 0 Å². The van der Waals surface area contributed by atoms with E-state index in [0.717, 1.165) is 51.4 Å². The van der Waals surface area contributed by atoms with Gasteiger partial charge in [-0.05, 0) is 75.6 Å². The van der Waals surface area contributed by atoms with Crippen molar-refractivity contribution in [1.82, 2.24) is 0 Å². The summed E-state index contributed by atoms with van der Waals surface area (Å²) in [7, 11) is -1.83. The third-order valence-electron chi connectivity index (χ3n) is 9.46. The van der Waals surface area contributed by atoms with Gasteiger partial charge in [-0.25, -0.2) is 0 Å². The zero-order valence-corrected chi connectivity index (χ0v) is 19.9. The molecule has 0 amide bonds. The van der Waals surface area contributed by atoms with E-state index in [4.69, 9.17) is 18.6 Å². The monoisotopic (exact) mass is 429 g/mol. The van der Waals surface area contributed by atoms with E-state index in [0.29, 0.717) is 25.0 Å². The van der Waals surface area contributed by atoms with Gasteiger partial charge in [0.15, 0.2) is 14.1 Å². The average molecular weight is 430 g/mol. The van der Waals surface area contributed by atoms with Crippen molar-refractivity contribution in [2.45, 2.75) is 101 Å². The van der Waals surface area contributed by atoms with Gasteiger partial charge in [-0.1, -0.05) is 13.0 Å². The first-order chi connectivity index (χ1) is 14.1. The van der Waals surface area contributed by atoms with Gasteiger partial charge in [-0.15, -0.1) is 0 Å². The second kappa shape index (κ2) is 5.79. The molecule has 0 radical (unpaired) electrons. The van der Waals surface area contributed by atoms with Gasteiger partial charge in [-0.3, -0.25) is 0 Å². The highest BCUT2D eigenvalue weighted by molar-refractivity contribution is 6.69. The molecule has 0 aromatic heterocycles. The van der Waals surface area contributed by atoms with E-state index in [2.05, 4.69) is 38.7 Å². The molecule has 0 aromatic carbocycles. The Morgan fingerprint density at radius 1 is 1.10 bits per heavy atom. The van der Waals surface area contributed by atoms with Crippen LogP contribution in [0.2, 0.25) is 19.6 Å². The molecule has 164 valence electrons. The van der Waals surface area contributed by atoms with Gasteiger partial charge in [0.2, 0.25) is 0 Å². The average Bonchev–Trinajstić information content (AvgIpc) is 3.01. The van der Waals surface area contributed by atoms with Crippen LogP contribution in [0.4, 0.5) is 0 Å². The Balaban J connectivity index is 1.33. The van der Waals surface area contributed by atoms with Gasteiger partial charge in [-0.2, -0.15) is 5.26 Å². The molecule has 0 N–H and O–H groups in total. The summed E-state index contributed by atoms with van der Waals surface area (Å²) < 4.78 is 25.5. The third kappa shape index (κ3) is 2.31. The minimum Gasteiger partial charge on any atom is -0.399 e. The van der Waals surface area contributed by atoms with Crippen LogP contribution in [-0.2, 0) is 18.6 Å². The molecule has 2 aliphatic heterocycles. The molecule has 6 aliphatic rings. The van der Waals surface area contributed by atoms with E-state index in [9.17, 15) is 5.26 Å². The molecule has 6 rings (SSSR count). The number of nitrogens with zero attached hydrogens (tertiary/aromatic N) is 1. The minimum absolute atomic E-state index is 0.0780. The van der Waals surface area contributed by atoms with Crippen molar-refractivity contribution in [3.05, 3.63) is 11.6 Å². The minimum atomic E-state index is -1.83. The SMILES string of the molecule is CC12CC=C3[C@@H](CC[C@@]45CC6(CC[C@@]34O5)OCCO6)[C@@H]1CC[C@@]2(C#N)O[Si](C)(C)C. The Labute approximate surface area is 181 Å². The van der Waals surface area contributed by atoms with E-state index in [-0.39, 0.29) is 16.6 Å². The quantitative estimate of drug-likeness (QED) is 0.362. The zero-order chi connectivity index (χ0) is 21.0.